The number of nitrogens with zero attached hydrogens (tertiary/aromatic N) is 3. The van der Waals surface area contributed by atoms with E-state index in [-0.39, 0.29) is 0 Å². The second-order valence-electron chi connectivity index (χ2n) is 4.58. The van der Waals surface area contributed by atoms with Gasteiger partial charge >= 0.3 is 0 Å². The lowest BCUT2D eigenvalue weighted by Gasteiger charge is -2.30. The SMILES string of the molecule is CCC(CC)(OC)c1cc2c(N)ncnc2c(OC)n1. The number of aromatic nitrogens is 3. The van der Waals surface area contributed by atoms with Gasteiger partial charge in [-0.3, -0.25) is 0 Å². The summed E-state index contributed by atoms with van der Waals surface area (Å²) in [4.78, 5) is 12.8. The molecule has 0 aliphatic heterocycles. The zero-order valence-electron chi connectivity index (χ0n) is 12.3. The van der Waals surface area contributed by atoms with Crippen LogP contribution in [-0.2, 0) is 10.3 Å². The lowest BCUT2D eigenvalue weighted by molar-refractivity contribution is -0.0254. The number of methoxy groups -OCH3 is 2. The van der Waals surface area contributed by atoms with Crippen molar-refractivity contribution < 1.29 is 9.47 Å². The Kier molecular flexibility index (Phi) is 4.04. The largest absolute Gasteiger partial charge is 0.479 e. The monoisotopic (exact) mass is 276 g/mol. The summed E-state index contributed by atoms with van der Waals surface area (Å²) in [6.07, 6.45) is 3.01. The molecule has 20 heavy (non-hydrogen) atoms. The molecule has 0 atom stereocenters. The van der Waals surface area contributed by atoms with E-state index in [1.54, 1.807) is 14.2 Å². The van der Waals surface area contributed by atoms with E-state index in [1.807, 2.05) is 6.07 Å². The van der Waals surface area contributed by atoms with Crippen molar-refractivity contribution in [2.75, 3.05) is 20.0 Å². The molecule has 2 aromatic rings. The van der Waals surface area contributed by atoms with Crippen LogP contribution in [0.4, 0.5) is 5.82 Å². The molecule has 0 aliphatic rings. The van der Waals surface area contributed by atoms with E-state index in [1.165, 1.54) is 6.33 Å². The van der Waals surface area contributed by atoms with Crippen LogP contribution in [0.5, 0.6) is 5.88 Å². The van der Waals surface area contributed by atoms with E-state index in [9.17, 15) is 0 Å². The second-order valence-corrected chi connectivity index (χ2v) is 4.58. The van der Waals surface area contributed by atoms with Crippen molar-refractivity contribution in [1.82, 2.24) is 15.0 Å². The molecule has 0 saturated heterocycles. The highest BCUT2D eigenvalue weighted by molar-refractivity contribution is 5.91. The fraction of sp³-hybridized carbons (Fsp3) is 0.500. The molecular formula is C14H20N4O2. The van der Waals surface area contributed by atoms with Gasteiger partial charge in [-0.25, -0.2) is 15.0 Å². The van der Waals surface area contributed by atoms with Gasteiger partial charge in [-0.2, -0.15) is 0 Å². The van der Waals surface area contributed by atoms with E-state index >= 15 is 0 Å². The number of pyridine rings is 1. The average molecular weight is 276 g/mol. The predicted octanol–water partition coefficient (Wildman–Crippen LogP) is 2.28. The van der Waals surface area contributed by atoms with Gasteiger partial charge in [0.1, 0.15) is 23.3 Å². The first-order valence-electron chi connectivity index (χ1n) is 6.62. The number of nitrogen functional groups attached to an aromatic ring is 1. The average Bonchev–Trinajstić information content (AvgIpc) is 2.49. The molecule has 0 aliphatic carbocycles. The van der Waals surface area contributed by atoms with Crippen molar-refractivity contribution in [3.8, 4) is 5.88 Å². The Bertz CT molecular complexity index is 603. The third-order valence-corrected chi connectivity index (χ3v) is 3.81. The molecule has 0 radical (unpaired) electrons. The van der Waals surface area contributed by atoms with E-state index in [2.05, 4.69) is 28.8 Å². The summed E-state index contributed by atoms with van der Waals surface area (Å²) in [5.41, 5.74) is 6.89. The molecule has 2 N–H and O–H groups in total. The van der Waals surface area contributed by atoms with E-state index in [4.69, 9.17) is 15.2 Å². The zero-order valence-corrected chi connectivity index (χ0v) is 12.3. The van der Waals surface area contributed by atoms with Crippen molar-refractivity contribution in [3.05, 3.63) is 18.1 Å². The highest BCUT2D eigenvalue weighted by Gasteiger charge is 2.31. The summed E-state index contributed by atoms with van der Waals surface area (Å²) in [5.74, 6) is 0.851. The summed E-state index contributed by atoms with van der Waals surface area (Å²) in [7, 11) is 3.26. The third-order valence-electron chi connectivity index (χ3n) is 3.81. The summed E-state index contributed by atoms with van der Waals surface area (Å²) >= 11 is 0. The van der Waals surface area contributed by atoms with Gasteiger partial charge in [-0.05, 0) is 18.9 Å². The van der Waals surface area contributed by atoms with Crippen molar-refractivity contribution in [2.45, 2.75) is 32.3 Å². The third kappa shape index (κ3) is 2.16. The Morgan fingerprint density at radius 1 is 1.20 bits per heavy atom. The standard InChI is InChI=1S/C14H20N4O2/c1-5-14(6-2,20-4)10-7-9-11(13(18-10)19-3)16-8-17-12(9)15/h7-8H,5-6H2,1-4H3,(H2,15,16,17). The van der Waals surface area contributed by atoms with E-state index in [0.717, 1.165) is 23.9 Å². The number of ether oxygens (including phenoxy) is 2. The number of anilines is 1. The van der Waals surface area contributed by atoms with Crippen molar-refractivity contribution >= 4 is 16.7 Å². The Labute approximate surface area is 118 Å². The fourth-order valence-corrected chi connectivity index (χ4v) is 2.43. The van der Waals surface area contributed by atoms with Gasteiger partial charge in [0.05, 0.1) is 12.8 Å². The summed E-state index contributed by atoms with van der Waals surface area (Å²) in [6, 6.07) is 1.89. The Hall–Kier alpha value is -1.95. The van der Waals surface area contributed by atoms with Gasteiger partial charge in [-0.15, -0.1) is 0 Å². The number of hydrogen-bond acceptors (Lipinski definition) is 6. The molecule has 0 saturated carbocycles. The molecule has 6 heteroatoms. The first-order chi connectivity index (χ1) is 9.61. The maximum Gasteiger partial charge on any atom is 0.240 e. The Balaban J connectivity index is 2.75. The fourth-order valence-electron chi connectivity index (χ4n) is 2.43. The molecule has 108 valence electrons. The second kappa shape index (κ2) is 5.58. The summed E-state index contributed by atoms with van der Waals surface area (Å²) in [5, 5.41) is 0.734. The minimum Gasteiger partial charge on any atom is -0.479 e. The number of rotatable bonds is 5. The quantitative estimate of drug-likeness (QED) is 0.902. The zero-order chi connectivity index (χ0) is 14.8. The van der Waals surface area contributed by atoms with E-state index < -0.39 is 5.60 Å². The van der Waals surface area contributed by atoms with Gasteiger partial charge in [0.15, 0.2) is 0 Å². The van der Waals surface area contributed by atoms with Crippen LogP contribution in [-0.4, -0.2) is 29.2 Å². The molecule has 6 nitrogen and oxygen atoms in total. The molecule has 2 rings (SSSR count). The van der Waals surface area contributed by atoms with Gasteiger partial charge in [-0.1, -0.05) is 13.8 Å². The molecule has 0 spiro atoms. The highest BCUT2D eigenvalue weighted by atomic mass is 16.5. The predicted molar refractivity (Wildman–Crippen MR) is 77.6 cm³/mol. The molecule has 0 fully saturated rings. The molecular weight excluding hydrogens is 256 g/mol. The first-order valence-corrected chi connectivity index (χ1v) is 6.62. The van der Waals surface area contributed by atoms with Crippen LogP contribution in [0.1, 0.15) is 32.4 Å². The molecule has 0 amide bonds. The van der Waals surface area contributed by atoms with Crippen LogP contribution in [0.25, 0.3) is 10.9 Å². The van der Waals surface area contributed by atoms with Crippen LogP contribution in [0.15, 0.2) is 12.4 Å². The molecule has 2 aromatic heterocycles. The topological polar surface area (TPSA) is 83.2 Å². The minimum absolute atomic E-state index is 0.411. The normalized spacial score (nSPS) is 11.8. The van der Waals surface area contributed by atoms with Crippen LogP contribution >= 0.6 is 0 Å². The van der Waals surface area contributed by atoms with Crippen LogP contribution in [0.2, 0.25) is 0 Å². The molecule has 2 heterocycles. The molecule has 0 aromatic carbocycles. The number of fused-ring (bicyclic) bond motifs is 1. The molecule has 0 bridgehead atoms. The van der Waals surface area contributed by atoms with E-state index in [0.29, 0.717) is 17.2 Å². The smallest absolute Gasteiger partial charge is 0.240 e. The van der Waals surface area contributed by atoms with Gasteiger partial charge in [0.2, 0.25) is 5.88 Å². The Morgan fingerprint density at radius 3 is 2.45 bits per heavy atom. The van der Waals surface area contributed by atoms with Crippen LogP contribution in [0, 0.1) is 0 Å². The van der Waals surface area contributed by atoms with Gasteiger partial charge in [0, 0.05) is 12.5 Å². The minimum atomic E-state index is -0.455. The van der Waals surface area contributed by atoms with Crippen molar-refractivity contribution in [2.24, 2.45) is 0 Å². The van der Waals surface area contributed by atoms with Crippen LogP contribution in [0.3, 0.4) is 0 Å². The van der Waals surface area contributed by atoms with Gasteiger partial charge in [0.25, 0.3) is 0 Å². The van der Waals surface area contributed by atoms with Crippen LogP contribution < -0.4 is 10.5 Å². The lowest BCUT2D eigenvalue weighted by atomic mass is 9.92. The Morgan fingerprint density at radius 2 is 1.90 bits per heavy atom. The summed E-state index contributed by atoms with van der Waals surface area (Å²) in [6.45, 7) is 4.13. The van der Waals surface area contributed by atoms with Crippen molar-refractivity contribution in [3.63, 3.8) is 0 Å². The maximum absolute atomic E-state index is 5.94. The number of hydrogen-bond donors (Lipinski definition) is 1. The number of nitrogens with two attached hydrogens (primary N) is 1. The maximum atomic E-state index is 5.94. The summed E-state index contributed by atoms with van der Waals surface area (Å²) < 4.78 is 11.1. The van der Waals surface area contributed by atoms with Gasteiger partial charge < -0.3 is 15.2 Å². The lowest BCUT2D eigenvalue weighted by Crippen LogP contribution is -2.28. The molecule has 0 unspecified atom stereocenters. The van der Waals surface area contributed by atoms with Crippen molar-refractivity contribution in [1.29, 1.82) is 0 Å². The highest BCUT2D eigenvalue weighted by Crippen LogP contribution is 2.35. The first kappa shape index (κ1) is 14.5.